The summed E-state index contributed by atoms with van der Waals surface area (Å²) in [4.78, 5) is 11.1. The van der Waals surface area contributed by atoms with Crippen molar-refractivity contribution in [1.29, 1.82) is 0 Å². The quantitative estimate of drug-likeness (QED) is 0.611. The maximum Gasteiger partial charge on any atom is 0.126 e. The van der Waals surface area contributed by atoms with Crippen molar-refractivity contribution in [3.05, 3.63) is 0 Å². The van der Waals surface area contributed by atoms with E-state index in [4.69, 9.17) is 0 Å². The van der Waals surface area contributed by atoms with Gasteiger partial charge in [0.25, 0.3) is 0 Å². The van der Waals surface area contributed by atoms with Crippen LogP contribution >= 0.6 is 0 Å². The summed E-state index contributed by atoms with van der Waals surface area (Å²) in [6.45, 7) is 6.57. The van der Waals surface area contributed by atoms with Crippen LogP contribution in [-0.2, 0) is 4.79 Å². The molecule has 13 heavy (non-hydrogen) atoms. The third-order valence-corrected chi connectivity index (χ3v) is 3.99. The van der Waals surface area contributed by atoms with E-state index >= 15 is 0 Å². The first-order valence-electron chi connectivity index (χ1n) is 5.60. The Morgan fingerprint density at radius 2 is 2.00 bits per heavy atom. The Labute approximate surface area is 81.9 Å². The second kappa shape index (κ2) is 4.26. The molecular weight excluding hydrogens is 160 g/mol. The highest BCUT2D eigenvalue weighted by molar-refractivity contribution is 5.59. The third kappa shape index (κ3) is 2.12. The highest BCUT2D eigenvalue weighted by Crippen LogP contribution is 2.42. The van der Waals surface area contributed by atoms with Gasteiger partial charge in [0.15, 0.2) is 0 Å². The van der Waals surface area contributed by atoms with E-state index in [1.54, 1.807) is 0 Å². The summed E-state index contributed by atoms with van der Waals surface area (Å²) in [5.74, 6) is 1.37. The molecule has 1 aliphatic carbocycles. The molecule has 3 atom stereocenters. The Bertz CT molecular complexity index is 176. The first-order chi connectivity index (χ1) is 6.14. The zero-order valence-electron chi connectivity index (χ0n) is 9.18. The summed E-state index contributed by atoms with van der Waals surface area (Å²) < 4.78 is 0. The third-order valence-electron chi connectivity index (χ3n) is 3.99. The minimum atomic E-state index is -0.0557. The van der Waals surface area contributed by atoms with E-state index in [9.17, 15) is 4.79 Å². The molecule has 0 heterocycles. The van der Waals surface area contributed by atoms with Gasteiger partial charge >= 0.3 is 0 Å². The van der Waals surface area contributed by atoms with Gasteiger partial charge in [0.05, 0.1) is 0 Å². The van der Waals surface area contributed by atoms with Crippen LogP contribution in [0.2, 0.25) is 0 Å². The molecule has 0 aliphatic heterocycles. The largest absolute Gasteiger partial charge is 0.303 e. The smallest absolute Gasteiger partial charge is 0.126 e. The normalized spacial score (nSPS) is 33.8. The molecule has 0 bridgehead atoms. The maximum atomic E-state index is 11.1. The van der Waals surface area contributed by atoms with Gasteiger partial charge in [-0.25, -0.2) is 0 Å². The van der Waals surface area contributed by atoms with E-state index in [1.165, 1.54) is 32.0 Å². The standard InChI is InChI=1S/C12H22O/c1-4-12(3,9-13)11-8-6-5-7-10(11)2/h9-11H,4-8H2,1-3H3. The Morgan fingerprint density at radius 1 is 1.38 bits per heavy atom. The lowest BCUT2D eigenvalue weighted by atomic mass is 9.65. The summed E-state index contributed by atoms with van der Waals surface area (Å²) in [5.41, 5.74) is -0.0557. The van der Waals surface area contributed by atoms with Crippen molar-refractivity contribution in [2.24, 2.45) is 17.3 Å². The molecule has 0 aromatic heterocycles. The van der Waals surface area contributed by atoms with Crippen molar-refractivity contribution in [2.75, 3.05) is 0 Å². The van der Waals surface area contributed by atoms with E-state index in [1.807, 2.05) is 0 Å². The lowest BCUT2D eigenvalue weighted by Gasteiger charge is -2.39. The van der Waals surface area contributed by atoms with Crippen LogP contribution in [-0.4, -0.2) is 6.29 Å². The summed E-state index contributed by atoms with van der Waals surface area (Å²) >= 11 is 0. The van der Waals surface area contributed by atoms with Gasteiger partial charge in [-0.1, -0.05) is 40.0 Å². The molecule has 1 saturated carbocycles. The fraction of sp³-hybridized carbons (Fsp3) is 0.917. The SMILES string of the molecule is CCC(C)(C=O)C1CCCCC1C. The number of rotatable bonds is 3. The van der Waals surface area contributed by atoms with Crippen molar-refractivity contribution < 1.29 is 4.79 Å². The van der Waals surface area contributed by atoms with E-state index in [0.717, 1.165) is 12.3 Å². The highest BCUT2D eigenvalue weighted by atomic mass is 16.1. The number of carbonyl (C=O) groups is 1. The molecule has 0 saturated heterocycles. The summed E-state index contributed by atoms with van der Waals surface area (Å²) in [7, 11) is 0. The second-order valence-electron chi connectivity index (χ2n) is 4.85. The van der Waals surface area contributed by atoms with Crippen LogP contribution in [0.5, 0.6) is 0 Å². The molecule has 1 nitrogen and oxygen atoms in total. The fourth-order valence-corrected chi connectivity index (χ4v) is 2.73. The predicted molar refractivity (Wildman–Crippen MR) is 55.6 cm³/mol. The Morgan fingerprint density at radius 3 is 2.46 bits per heavy atom. The van der Waals surface area contributed by atoms with Gasteiger partial charge in [-0.05, 0) is 24.7 Å². The van der Waals surface area contributed by atoms with Crippen LogP contribution in [0.25, 0.3) is 0 Å². The van der Waals surface area contributed by atoms with Gasteiger partial charge in [0.1, 0.15) is 6.29 Å². The van der Waals surface area contributed by atoms with Gasteiger partial charge in [0, 0.05) is 5.41 Å². The van der Waals surface area contributed by atoms with E-state index in [-0.39, 0.29) is 5.41 Å². The van der Waals surface area contributed by atoms with Crippen molar-refractivity contribution in [1.82, 2.24) is 0 Å². The van der Waals surface area contributed by atoms with Crippen molar-refractivity contribution >= 4 is 6.29 Å². The first-order valence-corrected chi connectivity index (χ1v) is 5.60. The second-order valence-corrected chi connectivity index (χ2v) is 4.85. The van der Waals surface area contributed by atoms with E-state index in [2.05, 4.69) is 20.8 Å². The van der Waals surface area contributed by atoms with Crippen molar-refractivity contribution in [2.45, 2.75) is 52.9 Å². The van der Waals surface area contributed by atoms with Crippen LogP contribution in [0.3, 0.4) is 0 Å². The first kappa shape index (κ1) is 10.7. The average Bonchev–Trinajstić information content (AvgIpc) is 2.17. The number of aldehydes is 1. The Kier molecular flexibility index (Phi) is 3.52. The lowest BCUT2D eigenvalue weighted by molar-refractivity contribution is -0.120. The summed E-state index contributed by atoms with van der Waals surface area (Å²) in [6, 6.07) is 0. The number of hydrogen-bond donors (Lipinski definition) is 0. The van der Waals surface area contributed by atoms with Crippen LogP contribution in [0.4, 0.5) is 0 Å². The fourth-order valence-electron chi connectivity index (χ4n) is 2.73. The van der Waals surface area contributed by atoms with Gasteiger partial charge in [-0.3, -0.25) is 0 Å². The zero-order valence-corrected chi connectivity index (χ0v) is 9.18. The molecule has 0 spiro atoms. The molecule has 0 amide bonds. The zero-order chi connectivity index (χ0) is 9.90. The molecule has 0 aromatic carbocycles. The van der Waals surface area contributed by atoms with Gasteiger partial charge in [0.2, 0.25) is 0 Å². The molecule has 1 aliphatic rings. The van der Waals surface area contributed by atoms with E-state index < -0.39 is 0 Å². The minimum absolute atomic E-state index is 0.0557. The predicted octanol–water partition coefficient (Wildman–Crippen LogP) is 3.43. The van der Waals surface area contributed by atoms with Gasteiger partial charge < -0.3 is 4.79 Å². The Balaban J connectivity index is 2.71. The lowest BCUT2D eigenvalue weighted by Crippen LogP contribution is -2.34. The van der Waals surface area contributed by atoms with E-state index in [0.29, 0.717) is 5.92 Å². The van der Waals surface area contributed by atoms with Crippen LogP contribution in [0, 0.1) is 17.3 Å². The molecule has 0 N–H and O–H groups in total. The molecule has 1 heteroatoms. The summed E-state index contributed by atoms with van der Waals surface area (Å²) in [5, 5.41) is 0. The molecule has 76 valence electrons. The molecule has 0 radical (unpaired) electrons. The van der Waals surface area contributed by atoms with Gasteiger partial charge in [-0.2, -0.15) is 0 Å². The van der Waals surface area contributed by atoms with Gasteiger partial charge in [-0.15, -0.1) is 0 Å². The van der Waals surface area contributed by atoms with Crippen molar-refractivity contribution in [3.8, 4) is 0 Å². The molecule has 1 rings (SSSR count). The van der Waals surface area contributed by atoms with Crippen molar-refractivity contribution in [3.63, 3.8) is 0 Å². The van der Waals surface area contributed by atoms with Crippen LogP contribution in [0.1, 0.15) is 52.9 Å². The summed E-state index contributed by atoms with van der Waals surface area (Å²) in [6.07, 6.45) is 7.43. The molecule has 1 fully saturated rings. The number of carbonyl (C=O) groups excluding carboxylic acids is 1. The highest BCUT2D eigenvalue weighted by Gasteiger charge is 2.36. The number of hydrogen-bond acceptors (Lipinski definition) is 1. The van der Waals surface area contributed by atoms with Crippen LogP contribution in [0.15, 0.2) is 0 Å². The maximum absolute atomic E-state index is 11.1. The molecular formula is C12H22O. The molecule has 0 aromatic rings. The average molecular weight is 182 g/mol. The topological polar surface area (TPSA) is 17.1 Å². The molecule has 3 unspecified atom stereocenters. The Hall–Kier alpha value is -0.330. The minimum Gasteiger partial charge on any atom is -0.303 e. The van der Waals surface area contributed by atoms with Crippen LogP contribution < -0.4 is 0 Å². The monoisotopic (exact) mass is 182 g/mol.